The molecule has 5 heteroatoms. The second-order valence-electron chi connectivity index (χ2n) is 4.07. The van der Waals surface area contributed by atoms with E-state index in [1.807, 2.05) is 24.3 Å². The van der Waals surface area contributed by atoms with Crippen LogP contribution in [0.3, 0.4) is 0 Å². The number of hydrogen-bond donors (Lipinski definition) is 1. The van der Waals surface area contributed by atoms with Crippen molar-refractivity contribution in [3.05, 3.63) is 46.8 Å². The van der Waals surface area contributed by atoms with Crippen LogP contribution in [0.5, 0.6) is 5.75 Å². The molecule has 0 radical (unpaired) electrons. The number of thioether (sulfide) groups is 1. The van der Waals surface area contributed by atoms with Crippen molar-refractivity contribution in [1.82, 2.24) is 0 Å². The minimum absolute atomic E-state index is 0.0765. The first-order valence-electron chi connectivity index (χ1n) is 5.62. The number of fused-ring (bicyclic) bond motifs is 1. The van der Waals surface area contributed by atoms with E-state index in [1.165, 1.54) is 4.90 Å². The van der Waals surface area contributed by atoms with Crippen LogP contribution in [0.25, 0.3) is 0 Å². The summed E-state index contributed by atoms with van der Waals surface area (Å²) in [4.78, 5) is 1.17. The van der Waals surface area contributed by atoms with Gasteiger partial charge >= 0.3 is 0 Å². The molecule has 18 heavy (non-hydrogen) atoms. The Morgan fingerprint density at radius 1 is 1.33 bits per heavy atom. The molecule has 0 spiro atoms. The van der Waals surface area contributed by atoms with Gasteiger partial charge in [0.05, 0.1) is 10.7 Å². The lowest BCUT2D eigenvalue weighted by Gasteiger charge is -2.28. The van der Waals surface area contributed by atoms with Gasteiger partial charge in [0.15, 0.2) is 0 Å². The number of rotatable bonds is 2. The average Bonchev–Trinajstić information content (AvgIpc) is 2.83. The van der Waals surface area contributed by atoms with Crippen LogP contribution in [-0.4, -0.2) is 11.9 Å². The van der Waals surface area contributed by atoms with Crippen LogP contribution in [0.15, 0.2) is 50.4 Å². The number of nitrogens with two attached hydrogens (primary N) is 1. The quantitative estimate of drug-likeness (QED) is 0.916. The first-order chi connectivity index (χ1) is 8.75. The summed E-state index contributed by atoms with van der Waals surface area (Å²) < 4.78 is 12.2. The van der Waals surface area contributed by atoms with Crippen LogP contribution < -0.4 is 10.5 Å². The summed E-state index contributed by atoms with van der Waals surface area (Å²) in [6.07, 6.45) is 1.55. The molecule has 2 atom stereocenters. The molecule has 3 rings (SSSR count). The number of halogens is 1. The maximum Gasteiger partial charge on any atom is 0.138 e. The average molecular weight is 326 g/mol. The molecular formula is C13H12BrNO2S. The summed E-state index contributed by atoms with van der Waals surface area (Å²) in [5.41, 5.74) is 6.21. The van der Waals surface area contributed by atoms with Gasteiger partial charge in [-0.1, -0.05) is 12.1 Å². The van der Waals surface area contributed by atoms with Crippen molar-refractivity contribution in [3.8, 4) is 5.75 Å². The fraction of sp³-hybridized carbons (Fsp3) is 0.231. The van der Waals surface area contributed by atoms with Crippen molar-refractivity contribution in [2.45, 2.75) is 17.0 Å². The summed E-state index contributed by atoms with van der Waals surface area (Å²) in [5, 5.41) is 0. The molecule has 0 bridgehead atoms. The number of benzene rings is 1. The molecule has 1 aromatic heterocycles. The third kappa shape index (κ3) is 2.18. The van der Waals surface area contributed by atoms with Gasteiger partial charge in [0, 0.05) is 10.6 Å². The van der Waals surface area contributed by atoms with E-state index in [1.54, 1.807) is 18.0 Å². The van der Waals surface area contributed by atoms with Crippen LogP contribution in [-0.2, 0) is 0 Å². The van der Waals surface area contributed by atoms with E-state index < -0.39 is 0 Å². The number of para-hydroxylation sites is 1. The Morgan fingerprint density at radius 3 is 2.94 bits per heavy atom. The Labute approximate surface area is 118 Å². The standard InChI is InChI=1S/C13H12BrNO2S/c14-8-5-6-16-13(8)12(15)10-7-18-11-4-2-1-3-9(11)17-10/h1-6,10,12H,7,15H2. The molecular weight excluding hydrogens is 314 g/mol. The van der Waals surface area contributed by atoms with Gasteiger partial charge < -0.3 is 14.9 Å². The van der Waals surface area contributed by atoms with E-state index in [-0.39, 0.29) is 12.1 Å². The predicted molar refractivity (Wildman–Crippen MR) is 74.9 cm³/mol. The maximum absolute atomic E-state index is 6.21. The second kappa shape index (κ2) is 4.99. The monoisotopic (exact) mass is 325 g/mol. The topological polar surface area (TPSA) is 48.4 Å². The normalized spacial score (nSPS) is 20.0. The Hall–Kier alpha value is -0.910. The van der Waals surface area contributed by atoms with Crippen LogP contribution in [0, 0.1) is 0 Å². The molecule has 0 saturated carbocycles. The summed E-state index contributed by atoms with van der Waals surface area (Å²) in [6, 6.07) is 9.59. The lowest BCUT2D eigenvalue weighted by Crippen LogP contribution is -2.35. The lowest BCUT2D eigenvalue weighted by atomic mass is 10.1. The molecule has 94 valence electrons. The number of hydrogen-bond acceptors (Lipinski definition) is 4. The third-order valence-electron chi connectivity index (χ3n) is 2.88. The van der Waals surface area contributed by atoms with Crippen molar-refractivity contribution in [1.29, 1.82) is 0 Å². The van der Waals surface area contributed by atoms with E-state index in [0.29, 0.717) is 0 Å². The Balaban J connectivity index is 1.82. The Kier molecular flexibility index (Phi) is 3.37. The van der Waals surface area contributed by atoms with E-state index in [4.69, 9.17) is 14.9 Å². The van der Waals surface area contributed by atoms with E-state index >= 15 is 0 Å². The summed E-state index contributed by atoms with van der Waals surface area (Å²) in [5.74, 6) is 2.46. The van der Waals surface area contributed by atoms with Gasteiger partial charge in [-0.2, -0.15) is 0 Å². The Morgan fingerprint density at radius 2 is 2.17 bits per heavy atom. The highest BCUT2D eigenvalue weighted by atomic mass is 79.9. The van der Waals surface area contributed by atoms with Gasteiger partial charge in [-0.25, -0.2) is 0 Å². The predicted octanol–water partition coefficient (Wildman–Crippen LogP) is 3.60. The smallest absolute Gasteiger partial charge is 0.138 e. The molecule has 2 aromatic rings. The number of ether oxygens (including phenoxy) is 1. The molecule has 1 aliphatic heterocycles. The summed E-state index contributed by atoms with van der Waals surface area (Å²) in [6.45, 7) is 0. The third-order valence-corrected chi connectivity index (χ3v) is 4.68. The van der Waals surface area contributed by atoms with Crippen molar-refractivity contribution >= 4 is 27.7 Å². The van der Waals surface area contributed by atoms with Crippen LogP contribution in [0.1, 0.15) is 11.8 Å². The highest BCUT2D eigenvalue weighted by molar-refractivity contribution is 9.10. The molecule has 2 unspecified atom stereocenters. The molecule has 0 amide bonds. The van der Waals surface area contributed by atoms with Crippen molar-refractivity contribution in [2.24, 2.45) is 5.73 Å². The largest absolute Gasteiger partial charge is 0.486 e. The van der Waals surface area contributed by atoms with Gasteiger partial charge in [0.1, 0.15) is 23.7 Å². The molecule has 1 aromatic carbocycles. The molecule has 0 fully saturated rings. The van der Waals surface area contributed by atoms with Gasteiger partial charge in [-0.05, 0) is 34.1 Å². The van der Waals surface area contributed by atoms with Crippen LogP contribution in [0.4, 0.5) is 0 Å². The highest BCUT2D eigenvalue weighted by Crippen LogP contribution is 2.38. The SMILES string of the molecule is NC(c1occc1Br)C1CSc2ccccc2O1. The fourth-order valence-corrected chi connectivity index (χ4v) is 3.44. The van der Waals surface area contributed by atoms with E-state index in [2.05, 4.69) is 22.0 Å². The first-order valence-corrected chi connectivity index (χ1v) is 7.40. The summed E-state index contributed by atoms with van der Waals surface area (Å²) >= 11 is 5.20. The van der Waals surface area contributed by atoms with Gasteiger partial charge in [-0.15, -0.1) is 11.8 Å². The fourth-order valence-electron chi connectivity index (χ4n) is 1.92. The van der Waals surface area contributed by atoms with Crippen molar-refractivity contribution in [2.75, 3.05) is 5.75 Å². The maximum atomic E-state index is 6.21. The molecule has 0 aliphatic carbocycles. The lowest BCUT2D eigenvalue weighted by molar-refractivity contribution is 0.173. The second-order valence-corrected chi connectivity index (χ2v) is 5.99. The van der Waals surface area contributed by atoms with Gasteiger partial charge in [0.25, 0.3) is 0 Å². The van der Waals surface area contributed by atoms with Gasteiger partial charge in [0.2, 0.25) is 0 Å². The Bertz CT molecular complexity index is 557. The molecule has 2 heterocycles. The van der Waals surface area contributed by atoms with Crippen LogP contribution >= 0.6 is 27.7 Å². The number of furan rings is 1. The molecule has 0 saturated heterocycles. The minimum Gasteiger partial charge on any atom is -0.486 e. The zero-order chi connectivity index (χ0) is 12.5. The van der Waals surface area contributed by atoms with E-state index in [9.17, 15) is 0 Å². The summed E-state index contributed by atoms with van der Waals surface area (Å²) in [7, 11) is 0. The van der Waals surface area contributed by atoms with Crippen molar-refractivity contribution < 1.29 is 9.15 Å². The first kappa shape index (κ1) is 12.1. The van der Waals surface area contributed by atoms with Gasteiger partial charge in [-0.3, -0.25) is 0 Å². The molecule has 1 aliphatic rings. The van der Waals surface area contributed by atoms with Crippen molar-refractivity contribution in [3.63, 3.8) is 0 Å². The molecule has 2 N–H and O–H groups in total. The highest BCUT2D eigenvalue weighted by Gasteiger charge is 2.29. The van der Waals surface area contributed by atoms with Crippen LogP contribution in [0.2, 0.25) is 0 Å². The zero-order valence-electron chi connectivity index (χ0n) is 9.51. The molecule has 3 nitrogen and oxygen atoms in total. The zero-order valence-corrected chi connectivity index (χ0v) is 11.9. The minimum atomic E-state index is -0.268. The van der Waals surface area contributed by atoms with E-state index in [0.717, 1.165) is 21.7 Å².